The van der Waals surface area contributed by atoms with Gasteiger partial charge in [-0.2, -0.15) is 0 Å². The molecule has 2 aliphatic rings. The van der Waals surface area contributed by atoms with Crippen molar-refractivity contribution in [2.45, 2.75) is 37.2 Å². The Balaban J connectivity index is 1.64. The average molecular weight is 579 g/mol. The molecular formula is C34H30N2O5S. The second-order valence-corrected chi connectivity index (χ2v) is 12.2. The van der Waals surface area contributed by atoms with Gasteiger partial charge >= 0.3 is 5.97 Å². The Bertz CT molecular complexity index is 1800. The highest BCUT2D eigenvalue weighted by Gasteiger charge is 2.64. The maximum Gasteiger partial charge on any atom is 0.336 e. The third kappa shape index (κ3) is 4.30. The Morgan fingerprint density at radius 2 is 1.48 bits per heavy atom. The van der Waals surface area contributed by atoms with E-state index in [0.717, 1.165) is 11.1 Å². The van der Waals surface area contributed by atoms with E-state index in [1.54, 1.807) is 60.4 Å². The number of hydrogen-bond donors (Lipinski definition) is 0. The number of nitrogens with zero attached hydrogens (tertiary/aromatic N) is 2. The van der Waals surface area contributed by atoms with Crippen molar-refractivity contribution in [2.24, 2.45) is 0 Å². The number of sulfonamides is 1. The van der Waals surface area contributed by atoms with Gasteiger partial charge in [0.05, 0.1) is 35.0 Å². The van der Waals surface area contributed by atoms with Gasteiger partial charge in [0.2, 0.25) is 0 Å². The Morgan fingerprint density at radius 3 is 2.14 bits per heavy atom. The highest BCUT2D eigenvalue weighted by Crippen LogP contribution is 2.57. The van der Waals surface area contributed by atoms with Gasteiger partial charge in [-0.05, 0) is 43.2 Å². The van der Waals surface area contributed by atoms with E-state index in [0.29, 0.717) is 16.8 Å². The molecule has 0 N–H and O–H groups in total. The normalized spacial score (nSPS) is 18.1. The number of fused-ring (bicyclic) bond motifs is 2. The largest absolute Gasteiger partial charge is 0.463 e. The Morgan fingerprint density at radius 1 is 0.857 bits per heavy atom. The standard InChI is InChI=1S/C34H30N2O5S/c1-3-41-32(37)28-22-34(29-16-10-11-17-30(29)35(33(34)38)23-25-12-6-4-7-13-25)36(31(28)26-14-8-5-9-15-26)42(39,40)27-20-18-24(2)19-21-27/h4-21H,3,22-23H2,1-2H3. The first kappa shape index (κ1) is 27.5. The average Bonchev–Trinajstić information content (AvgIpc) is 3.49. The van der Waals surface area contributed by atoms with Crippen LogP contribution in [0.3, 0.4) is 0 Å². The quantitative estimate of drug-likeness (QED) is 0.259. The number of anilines is 1. The first-order valence-electron chi connectivity index (χ1n) is 13.8. The zero-order chi connectivity index (χ0) is 29.5. The summed E-state index contributed by atoms with van der Waals surface area (Å²) in [6.45, 7) is 3.92. The summed E-state index contributed by atoms with van der Waals surface area (Å²) >= 11 is 0. The van der Waals surface area contributed by atoms with Gasteiger partial charge in [0.25, 0.3) is 15.9 Å². The van der Waals surface area contributed by atoms with Gasteiger partial charge in [0.1, 0.15) is 0 Å². The summed E-state index contributed by atoms with van der Waals surface area (Å²) in [5, 5.41) is 0. The van der Waals surface area contributed by atoms with Crippen molar-refractivity contribution in [3.8, 4) is 0 Å². The number of amides is 1. The van der Waals surface area contributed by atoms with Crippen LogP contribution in [0.4, 0.5) is 5.69 Å². The first-order chi connectivity index (χ1) is 20.3. The molecule has 0 bridgehead atoms. The first-order valence-corrected chi connectivity index (χ1v) is 15.3. The Kier molecular flexibility index (Phi) is 6.94. The predicted octanol–water partition coefficient (Wildman–Crippen LogP) is 5.81. The highest BCUT2D eigenvalue weighted by atomic mass is 32.2. The van der Waals surface area contributed by atoms with Gasteiger partial charge < -0.3 is 9.64 Å². The van der Waals surface area contributed by atoms with E-state index in [-0.39, 0.29) is 35.7 Å². The van der Waals surface area contributed by atoms with Gasteiger partial charge in [-0.25, -0.2) is 17.5 Å². The number of esters is 1. The SMILES string of the molecule is CCOC(=O)C1=C(c2ccccc2)N(S(=O)(=O)c2ccc(C)cc2)C2(C1)C(=O)N(Cc1ccccc1)c1ccccc12. The predicted molar refractivity (Wildman–Crippen MR) is 161 cm³/mol. The summed E-state index contributed by atoms with van der Waals surface area (Å²) in [5.41, 5.74) is 1.98. The molecule has 6 rings (SSSR count). The Hall–Kier alpha value is -4.69. The van der Waals surface area contributed by atoms with E-state index in [4.69, 9.17) is 4.74 Å². The molecule has 212 valence electrons. The second-order valence-electron chi connectivity index (χ2n) is 10.4. The van der Waals surface area contributed by atoms with Gasteiger partial charge in [0, 0.05) is 12.0 Å². The van der Waals surface area contributed by atoms with Crippen molar-refractivity contribution in [3.05, 3.63) is 137 Å². The number of benzene rings is 4. The fraction of sp³-hybridized carbons (Fsp3) is 0.176. The molecule has 8 heteroatoms. The van der Waals surface area contributed by atoms with Gasteiger partial charge in [-0.3, -0.25) is 4.79 Å². The molecule has 2 heterocycles. The third-order valence-corrected chi connectivity index (χ3v) is 9.66. The summed E-state index contributed by atoms with van der Waals surface area (Å²) in [5.74, 6) is -1.07. The minimum atomic E-state index is -4.38. The number of carbonyl (C=O) groups excluding carboxylic acids is 2. The molecule has 42 heavy (non-hydrogen) atoms. The van der Waals surface area contributed by atoms with Crippen LogP contribution in [0.15, 0.2) is 120 Å². The molecule has 0 aromatic heterocycles. The van der Waals surface area contributed by atoms with Crippen molar-refractivity contribution in [1.82, 2.24) is 4.31 Å². The van der Waals surface area contributed by atoms with Crippen LogP contribution in [0.1, 0.15) is 35.6 Å². The van der Waals surface area contributed by atoms with E-state index in [1.807, 2.05) is 55.5 Å². The van der Waals surface area contributed by atoms with Crippen LogP contribution in [0.2, 0.25) is 0 Å². The molecule has 0 aliphatic carbocycles. The molecule has 0 radical (unpaired) electrons. The van der Waals surface area contributed by atoms with Crippen LogP contribution in [-0.2, 0) is 36.4 Å². The Labute approximate surface area is 245 Å². The minimum absolute atomic E-state index is 0.0257. The highest BCUT2D eigenvalue weighted by molar-refractivity contribution is 7.89. The number of carbonyl (C=O) groups is 2. The number of hydrogen-bond acceptors (Lipinski definition) is 5. The van der Waals surface area contributed by atoms with Crippen LogP contribution in [0.5, 0.6) is 0 Å². The van der Waals surface area contributed by atoms with Gasteiger partial charge in [-0.1, -0.05) is 96.6 Å². The maximum atomic E-state index is 14.9. The summed E-state index contributed by atoms with van der Waals surface area (Å²) < 4.78 is 36.3. The molecule has 1 amide bonds. The fourth-order valence-electron chi connectivity index (χ4n) is 5.94. The number of aryl methyl sites for hydroxylation is 1. The molecular weight excluding hydrogens is 548 g/mol. The van der Waals surface area contributed by atoms with Crippen LogP contribution in [-0.4, -0.2) is 31.2 Å². The molecule has 0 saturated heterocycles. The van der Waals surface area contributed by atoms with Crippen molar-refractivity contribution < 1.29 is 22.7 Å². The van der Waals surface area contributed by atoms with Crippen LogP contribution in [0.25, 0.3) is 5.70 Å². The molecule has 7 nitrogen and oxygen atoms in total. The maximum absolute atomic E-state index is 14.9. The molecule has 1 unspecified atom stereocenters. The minimum Gasteiger partial charge on any atom is -0.463 e. The number of para-hydroxylation sites is 1. The van der Waals surface area contributed by atoms with E-state index < -0.39 is 27.4 Å². The van der Waals surface area contributed by atoms with Gasteiger partial charge in [0.15, 0.2) is 5.54 Å². The van der Waals surface area contributed by atoms with Crippen molar-refractivity contribution in [1.29, 1.82) is 0 Å². The van der Waals surface area contributed by atoms with E-state index in [9.17, 15) is 18.0 Å². The van der Waals surface area contributed by atoms with E-state index >= 15 is 0 Å². The summed E-state index contributed by atoms with van der Waals surface area (Å²) in [7, 11) is -4.38. The molecule has 4 aromatic carbocycles. The lowest BCUT2D eigenvalue weighted by atomic mass is 9.87. The summed E-state index contributed by atoms with van der Waals surface area (Å²) in [6, 6.07) is 32.2. The summed E-state index contributed by atoms with van der Waals surface area (Å²) in [4.78, 5) is 30.1. The second kappa shape index (κ2) is 10.6. The van der Waals surface area contributed by atoms with E-state index in [2.05, 4.69) is 0 Å². The fourth-order valence-corrected chi connectivity index (χ4v) is 7.74. The zero-order valence-corrected chi connectivity index (χ0v) is 24.2. The smallest absolute Gasteiger partial charge is 0.336 e. The van der Waals surface area contributed by atoms with E-state index in [1.165, 1.54) is 16.4 Å². The molecule has 0 saturated carbocycles. The molecule has 1 spiro atoms. The molecule has 1 atom stereocenters. The monoisotopic (exact) mass is 578 g/mol. The molecule has 2 aliphatic heterocycles. The lowest BCUT2D eigenvalue weighted by Crippen LogP contribution is -2.51. The van der Waals surface area contributed by atoms with Crippen molar-refractivity contribution in [2.75, 3.05) is 11.5 Å². The van der Waals surface area contributed by atoms with Crippen LogP contribution in [0, 0.1) is 6.92 Å². The van der Waals surface area contributed by atoms with Crippen molar-refractivity contribution >= 4 is 33.3 Å². The molecule has 4 aromatic rings. The van der Waals surface area contributed by atoms with Crippen LogP contribution >= 0.6 is 0 Å². The van der Waals surface area contributed by atoms with Crippen LogP contribution < -0.4 is 4.90 Å². The lowest BCUT2D eigenvalue weighted by Gasteiger charge is -2.37. The number of ether oxygens (including phenoxy) is 1. The summed E-state index contributed by atoms with van der Waals surface area (Å²) in [6.07, 6.45) is -0.164. The lowest BCUT2D eigenvalue weighted by molar-refractivity contribution is -0.138. The zero-order valence-electron chi connectivity index (χ0n) is 23.4. The topological polar surface area (TPSA) is 84.0 Å². The molecule has 0 fully saturated rings. The van der Waals surface area contributed by atoms with Gasteiger partial charge in [-0.15, -0.1) is 0 Å². The van der Waals surface area contributed by atoms with Crippen molar-refractivity contribution in [3.63, 3.8) is 0 Å². The third-order valence-electron chi connectivity index (χ3n) is 7.82. The number of rotatable bonds is 7.